The molecule has 3 aromatic rings. The molecule has 0 radical (unpaired) electrons. The molecule has 0 aliphatic rings. The van der Waals surface area contributed by atoms with Crippen LogP contribution in [-0.2, 0) is 30.5 Å². The lowest BCUT2D eigenvalue weighted by Crippen LogP contribution is -2.14. The second-order valence-electron chi connectivity index (χ2n) is 5.51. The van der Waals surface area contributed by atoms with Crippen LogP contribution in [0.3, 0.4) is 0 Å². The van der Waals surface area contributed by atoms with Crippen LogP contribution in [0.25, 0.3) is 10.9 Å². The topological polar surface area (TPSA) is 81.8 Å². The van der Waals surface area contributed by atoms with Crippen LogP contribution in [0.2, 0.25) is 0 Å². The molecule has 0 aliphatic carbocycles. The fourth-order valence-corrected chi connectivity index (χ4v) is 4.04. The second kappa shape index (κ2) is 6.48. The van der Waals surface area contributed by atoms with Gasteiger partial charge in [-0.3, -0.25) is 9.40 Å². The molecule has 9 heteroatoms. The molecule has 1 N–H and O–H groups in total. The van der Waals surface area contributed by atoms with Gasteiger partial charge in [-0.2, -0.15) is 25.3 Å². The van der Waals surface area contributed by atoms with Gasteiger partial charge in [-0.1, -0.05) is 12.1 Å². The van der Waals surface area contributed by atoms with Crippen molar-refractivity contribution in [3.8, 4) is 0 Å². The number of nitrogens with zero attached hydrogens (tertiary/aromatic N) is 4. The Labute approximate surface area is 145 Å². The number of imidazole rings is 1. The first-order valence-corrected chi connectivity index (χ1v) is 10.2. The molecule has 0 bridgehead atoms. The zero-order valence-electron chi connectivity index (χ0n) is 13.7. The molecule has 7 nitrogen and oxygen atoms in total. The zero-order chi connectivity index (χ0) is 17.3. The van der Waals surface area contributed by atoms with Gasteiger partial charge in [0.2, 0.25) is 0 Å². The molecule has 0 amide bonds. The average molecular weight is 365 g/mol. The van der Waals surface area contributed by atoms with E-state index < -0.39 is 10.0 Å². The summed E-state index contributed by atoms with van der Waals surface area (Å²) in [4.78, 5) is 3.90. The maximum atomic E-state index is 12.5. The molecule has 0 spiro atoms. The first-order chi connectivity index (χ1) is 11.4. The fraction of sp³-hybridized carbons (Fsp3) is 0.333. The Hall–Kier alpha value is -2.00. The number of nitrogens with one attached hydrogen (secondary N) is 1. The predicted molar refractivity (Wildman–Crippen MR) is 96.8 cm³/mol. The Morgan fingerprint density at radius 3 is 2.75 bits per heavy atom. The molecule has 0 saturated carbocycles. The SMILES string of the molecule is CSCCc1cccc2c(NS(=O)(=O)c3cn(C)cn3)nn(C)c12. The summed E-state index contributed by atoms with van der Waals surface area (Å²) in [5.41, 5.74) is 2.10. The molecular formula is C15H19N5O2S2. The van der Waals surface area contributed by atoms with E-state index in [1.165, 1.54) is 12.5 Å². The van der Waals surface area contributed by atoms with Crippen LogP contribution < -0.4 is 4.72 Å². The monoisotopic (exact) mass is 365 g/mol. The summed E-state index contributed by atoms with van der Waals surface area (Å²) in [6, 6.07) is 5.86. The Kier molecular flexibility index (Phi) is 4.55. The van der Waals surface area contributed by atoms with Crippen LogP contribution >= 0.6 is 11.8 Å². The highest BCUT2D eigenvalue weighted by atomic mass is 32.2. The Morgan fingerprint density at radius 2 is 2.08 bits per heavy atom. The second-order valence-corrected chi connectivity index (χ2v) is 8.13. The number of benzene rings is 1. The summed E-state index contributed by atoms with van der Waals surface area (Å²) in [7, 11) is -0.217. The highest BCUT2D eigenvalue weighted by molar-refractivity contribution is 7.98. The van der Waals surface area contributed by atoms with E-state index in [0.29, 0.717) is 5.82 Å². The minimum Gasteiger partial charge on any atom is -0.339 e. The summed E-state index contributed by atoms with van der Waals surface area (Å²) in [5.74, 6) is 1.32. The smallest absolute Gasteiger partial charge is 0.282 e. The predicted octanol–water partition coefficient (Wildman–Crippen LogP) is 2.01. The Bertz CT molecular complexity index is 975. The van der Waals surface area contributed by atoms with E-state index in [4.69, 9.17) is 0 Å². The van der Waals surface area contributed by atoms with E-state index in [-0.39, 0.29) is 5.03 Å². The average Bonchev–Trinajstić information content (AvgIpc) is 3.10. The van der Waals surface area contributed by atoms with Gasteiger partial charge in [0.25, 0.3) is 10.0 Å². The van der Waals surface area contributed by atoms with Crippen molar-refractivity contribution in [1.29, 1.82) is 0 Å². The van der Waals surface area contributed by atoms with Crippen molar-refractivity contribution in [2.75, 3.05) is 16.7 Å². The lowest BCUT2D eigenvalue weighted by atomic mass is 10.1. The third-order valence-corrected chi connectivity index (χ3v) is 5.55. The molecule has 0 atom stereocenters. The molecule has 0 saturated heterocycles. The van der Waals surface area contributed by atoms with Crippen LogP contribution in [0.5, 0.6) is 0 Å². The maximum absolute atomic E-state index is 12.5. The summed E-state index contributed by atoms with van der Waals surface area (Å²) >= 11 is 1.78. The number of rotatable bonds is 6. The van der Waals surface area contributed by atoms with Crippen molar-refractivity contribution in [3.05, 3.63) is 36.3 Å². The van der Waals surface area contributed by atoms with Crippen molar-refractivity contribution < 1.29 is 8.42 Å². The first kappa shape index (κ1) is 16.8. The number of hydrogen-bond donors (Lipinski definition) is 1. The largest absolute Gasteiger partial charge is 0.339 e. The minimum absolute atomic E-state index is 0.0256. The molecule has 128 valence electrons. The van der Waals surface area contributed by atoms with Crippen molar-refractivity contribution in [1.82, 2.24) is 19.3 Å². The lowest BCUT2D eigenvalue weighted by Gasteiger charge is -2.04. The first-order valence-electron chi connectivity index (χ1n) is 7.36. The number of aryl methyl sites for hydroxylation is 3. The third-order valence-electron chi connectivity index (χ3n) is 3.71. The molecular weight excluding hydrogens is 346 g/mol. The number of hydrogen-bond acceptors (Lipinski definition) is 5. The maximum Gasteiger partial charge on any atom is 0.282 e. The highest BCUT2D eigenvalue weighted by Crippen LogP contribution is 2.27. The van der Waals surface area contributed by atoms with Gasteiger partial charge < -0.3 is 4.57 Å². The number of anilines is 1. The fourth-order valence-electron chi connectivity index (χ4n) is 2.61. The number of thioether (sulfide) groups is 1. The molecule has 0 fully saturated rings. The summed E-state index contributed by atoms with van der Waals surface area (Å²) < 4.78 is 30.8. The van der Waals surface area contributed by atoms with Gasteiger partial charge in [0.1, 0.15) is 0 Å². The standard InChI is InChI=1S/C15H19N5O2S2/c1-19-9-13(16-10-19)24(21,22)18-15-12-6-4-5-11(7-8-23-3)14(12)20(2)17-15/h4-6,9-10H,7-8H2,1-3H3,(H,17,18). The number of aromatic nitrogens is 4. The Balaban J connectivity index is 2.02. The van der Waals surface area contributed by atoms with Crippen LogP contribution in [0.4, 0.5) is 5.82 Å². The lowest BCUT2D eigenvalue weighted by molar-refractivity contribution is 0.597. The summed E-state index contributed by atoms with van der Waals surface area (Å²) in [6.07, 6.45) is 5.88. The summed E-state index contributed by atoms with van der Waals surface area (Å²) in [6.45, 7) is 0. The van der Waals surface area contributed by atoms with Crippen LogP contribution in [0.15, 0.2) is 35.7 Å². The van der Waals surface area contributed by atoms with Gasteiger partial charge >= 0.3 is 0 Å². The minimum atomic E-state index is -3.76. The van der Waals surface area contributed by atoms with Crippen molar-refractivity contribution >= 4 is 38.5 Å². The van der Waals surface area contributed by atoms with Gasteiger partial charge in [0.15, 0.2) is 10.8 Å². The van der Waals surface area contributed by atoms with Crippen LogP contribution in [0, 0.1) is 0 Å². The van der Waals surface area contributed by atoms with Crippen molar-refractivity contribution in [2.45, 2.75) is 11.4 Å². The highest BCUT2D eigenvalue weighted by Gasteiger charge is 2.21. The quantitative estimate of drug-likeness (QED) is 0.723. The number of fused-ring (bicyclic) bond motifs is 1. The van der Waals surface area contributed by atoms with Crippen LogP contribution in [-0.4, -0.2) is 39.8 Å². The third kappa shape index (κ3) is 3.13. The molecule has 24 heavy (non-hydrogen) atoms. The van der Waals surface area contributed by atoms with Crippen LogP contribution in [0.1, 0.15) is 5.56 Å². The summed E-state index contributed by atoms with van der Waals surface area (Å²) in [5, 5.41) is 5.12. The zero-order valence-corrected chi connectivity index (χ0v) is 15.4. The van der Waals surface area contributed by atoms with E-state index >= 15 is 0 Å². The molecule has 2 heterocycles. The molecule has 1 aromatic carbocycles. The number of sulfonamides is 1. The molecule has 2 aromatic heterocycles. The van der Waals surface area contributed by atoms with E-state index in [1.54, 1.807) is 28.1 Å². The van der Waals surface area contributed by atoms with Gasteiger partial charge in [0.05, 0.1) is 11.8 Å². The van der Waals surface area contributed by atoms with Gasteiger partial charge in [0, 0.05) is 25.7 Å². The van der Waals surface area contributed by atoms with Gasteiger partial charge in [-0.15, -0.1) is 0 Å². The van der Waals surface area contributed by atoms with Gasteiger partial charge in [-0.05, 0) is 30.1 Å². The van der Waals surface area contributed by atoms with Gasteiger partial charge in [-0.25, -0.2) is 4.98 Å². The van der Waals surface area contributed by atoms with E-state index in [2.05, 4.69) is 27.1 Å². The number of para-hydroxylation sites is 1. The Morgan fingerprint density at radius 1 is 1.29 bits per heavy atom. The van der Waals surface area contributed by atoms with Crippen molar-refractivity contribution in [2.24, 2.45) is 14.1 Å². The van der Waals surface area contributed by atoms with E-state index in [0.717, 1.165) is 28.6 Å². The van der Waals surface area contributed by atoms with Crippen molar-refractivity contribution in [3.63, 3.8) is 0 Å². The molecule has 0 unspecified atom stereocenters. The molecule has 0 aliphatic heterocycles. The van der Waals surface area contributed by atoms with E-state index in [9.17, 15) is 8.42 Å². The molecule has 3 rings (SSSR count). The van der Waals surface area contributed by atoms with E-state index in [1.807, 2.05) is 19.2 Å². The normalized spacial score (nSPS) is 12.0.